The van der Waals surface area contributed by atoms with Crippen LogP contribution in [0, 0.1) is 0 Å². The number of sulfonamides is 1. The van der Waals surface area contributed by atoms with Gasteiger partial charge in [-0.1, -0.05) is 30.7 Å². The van der Waals surface area contributed by atoms with E-state index in [1.54, 1.807) is 30.3 Å². The zero-order chi connectivity index (χ0) is 26.9. The van der Waals surface area contributed by atoms with E-state index in [-0.39, 0.29) is 39.0 Å². The molecule has 0 radical (unpaired) electrons. The van der Waals surface area contributed by atoms with Crippen LogP contribution in [0.2, 0.25) is 0 Å². The predicted molar refractivity (Wildman–Crippen MR) is 140 cm³/mol. The quantitative estimate of drug-likeness (QED) is 0.348. The molecule has 3 aromatic rings. The van der Waals surface area contributed by atoms with Crippen molar-refractivity contribution in [1.82, 2.24) is 4.31 Å². The van der Waals surface area contributed by atoms with E-state index in [4.69, 9.17) is 4.74 Å². The van der Waals surface area contributed by atoms with Gasteiger partial charge >= 0.3 is 5.97 Å². The molecule has 1 aromatic heterocycles. The average molecular weight is 553 g/mol. The lowest BCUT2D eigenvalue weighted by molar-refractivity contribution is -0.146. The second-order valence-corrected chi connectivity index (χ2v) is 12.4. The van der Waals surface area contributed by atoms with E-state index in [9.17, 15) is 27.6 Å². The lowest BCUT2D eigenvalue weighted by Gasteiger charge is -2.25. The maximum atomic E-state index is 12.9. The number of fused-ring (bicyclic) bond motifs is 2. The summed E-state index contributed by atoms with van der Waals surface area (Å²) in [7, 11) is -3.58. The Hall–Kier alpha value is -3.67. The second kappa shape index (κ2) is 10.6. The first-order valence-corrected chi connectivity index (χ1v) is 14.4. The number of esters is 1. The molecule has 2 aromatic carbocycles. The number of carbonyl (C=O) groups is 4. The Bertz CT molecular complexity index is 1550. The molecule has 0 spiro atoms. The SMILES string of the molecule is O=C(COC(=O)Cc1ccc(S(=O)(=O)N2CCCCC2)s1)Nc1ccc2c(c1)C(=O)c1ccccc1C2=O. The molecule has 38 heavy (non-hydrogen) atoms. The first-order chi connectivity index (χ1) is 18.2. The highest BCUT2D eigenvalue weighted by molar-refractivity contribution is 7.91. The molecule has 0 atom stereocenters. The Kier molecular flexibility index (Phi) is 7.24. The molecule has 2 heterocycles. The number of piperidine rings is 1. The van der Waals surface area contributed by atoms with Gasteiger partial charge in [0.25, 0.3) is 15.9 Å². The van der Waals surface area contributed by atoms with Crippen LogP contribution in [0.15, 0.2) is 58.8 Å². The van der Waals surface area contributed by atoms with E-state index in [0.717, 1.165) is 30.6 Å². The summed E-state index contributed by atoms with van der Waals surface area (Å²) in [4.78, 5) is 50.7. The van der Waals surface area contributed by atoms with Crippen LogP contribution >= 0.6 is 11.3 Å². The Morgan fingerprint density at radius 1 is 0.868 bits per heavy atom. The minimum absolute atomic E-state index is 0.164. The average Bonchev–Trinajstić information content (AvgIpc) is 3.40. The number of benzene rings is 2. The van der Waals surface area contributed by atoms with Crippen LogP contribution in [0.1, 0.15) is 56.0 Å². The van der Waals surface area contributed by atoms with Crippen molar-refractivity contribution >= 4 is 50.5 Å². The van der Waals surface area contributed by atoms with Crippen LogP contribution in [0.5, 0.6) is 0 Å². The molecule has 5 rings (SSSR count). The summed E-state index contributed by atoms with van der Waals surface area (Å²) in [6, 6.07) is 14.1. The number of thiophene rings is 1. The van der Waals surface area contributed by atoms with Gasteiger partial charge in [-0.2, -0.15) is 4.31 Å². The van der Waals surface area contributed by atoms with Crippen LogP contribution in [-0.2, 0) is 30.8 Å². The molecule has 1 amide bonds. The van der Waals surface area contributed by atoms with E-state index in [2.05, 4.69) is 5.32 Å². The largest absolute Gasteiger partial charge is 0.455 e. The Morgan fingerprint density at radius 3 is 2.24 bits per heavy atom. The fourth-order valence-corrected chi connectivity index (χ4v) is 7.55. The van der Waals surface area contributed by atoms with E-state index in [0.29, 0.717) is 29.1 Å². The predicted octanol–water partition coefficient (Wildman–Crippen LogP) is 3.42. The number of nitrogens with one attached hydrogen (secondary N) is 1. The molecule has 2 aliphatic rings. The minimum Gasteiger partial charge on any atom is -0.455 e. The van der Waals surface area contributed by atoms with Crippen LogP contribution in [-0.4, -0.2) is 55.9 Å². The van der Waals surface area contributed by atoms with E-state index in [1.807, 2.05) is 0 Å². The lowest BCUT2D eigenvalue weighted by Crippen LogP contribution is -2.35. The summed E-state index contributed by atoms with van der Waals surface area (Å²) in [5.74, 6) is -1.86. The molecule has 0 unspecified atom stereocenters. The molecule has 1 N–H and O–H groups in total. The van der Waals surface area contributed by atoms with Crippen molar-refractivity contribution in [3.8, 4) is 0 Å². The molecular weight excluding hydrogens is 528 g/mol. The fourth-order valence-electron chi connectivity index (χ4n) is 4.54. The van der Waals surface area contributed by atoms with Gasteiger partial charge in [-0.3, -0.25) is 19.2 Å². The third kappa shape index (κ3) is 5.17. The van der Waals surface area contributed by atoms with Gasteiger partial charge in [-0.05, 0) is 43.2 Å². The third-order valence-corrected chi connectivity index (χ3v) is 9.89. The van der Waals surface area contributed by atoms with Crippen LogP contribution in [0.3, 0.4) is 0 Å². The van der Waals surface area contributed by atoms with Gasteiger partial charge < -0.3 is 10.1 Å². The Labute approximate surface area is 223 Å². The van der Waals surface area contributed by atoms with Crippen LogP contribution in [0.25, 0.3) is 0 Å². The van der Waals surface area contributed by atoms with Crippen LogP contribution in [0.4, 0.5) is 5.69 Å². The molecule has 0 bridgehead atoms. The van der Waals surface area contributed by atoms with Crippen molar-refractivity contribution in [2.24, 2.45) is 0 Å². The standard InChI is InChI=1S/C27H24N2O7S2/c30-23(28-17-8-10-21-22(14-17)27(33)20-7-3-2-6-19(20)26(21)32)16-36-24(31)15-18-9-11-25(37-18)38(34,35)29-12-4-1-5-13-29/h2-3,6-11,14H,1,4-5,12-13,15-16H2,(H,28,30). The number of nitrogens with zero attached hydrogens (tertiary/aromatic N) is 1. The number of rotatable bonds is 7. The molecule has 9 nitrogen and oxygen atoms in total. The van der Waals surface area contributed by atoms with Crippen molar-refractivity contribution in [3.63, 3.8) is 0 Å². The smallest absolute Gasteiger partial charge is 0.311 e. The summed E-state index contributed by atoms with van der Waals surface area (Å²) in [5.41, 5.74) is 1.39. The number of ketones is 2. The molecule has 196 valence electrons. The van der Waals surface area contributed by atoms with Gasteiger partial charge in [0.1, 0.15) is 4.21 Å². The van der Waals surface area contributed by atoms with E-state index in [1.165, 1.54) is 28.6 Å². The number of carbonyl (C=O) groups excluding carboxylic acids is 4. The van der Waals surface area contributed by atoms with Gasteiger partial charge in [-0.25, -0.2) is 8.42 Å². The fraction of sp³-hybridized carbons (Fsp3) is 0.259. The highest BCUT2D eigenvalue weighted by Crippen LogP contribution is 2.30. The summed E-state index contributed by atoms with van der Waals surface area (Å²) < 4.78 is 32.3. The normalized spacial score (nSPS) is 15.5. The van der Waals surface area contributed by atoms with Crippen molar-refractivity contribution < 1.29 is 32.3 Å². The third-order valence-electron chi connectivity index (χ3n) is 6.44. The van der Waals surface area contributed by atoms with Gasteiger partial charge in [0.05, 0.1) is 6.42 Å². The highest BCUT2D eigenvalue weighted by Gasteiger charge is 2.30. The van der Waals surface area contributed by atoms with Gasteiger partial charge in [0.15, 0.2) is 18.2 Å². The second-order valence-electron chi connectivity index (χ2n) is 9.04. The summed E-state index contributed by atoms with van der Waals surface area (Å²) in [5, 5.41) is 2.57. The van der Waals surface area contributed by atoms with Crippen molar-refractivity contribution in [3.05, 3.63) is 81.7 Å². The molecule has 1 fully saturated rings. The van der Waals surface area contributed by atoms with Gasteiger partial charge in [-0.15, -0.1) is 11.3 Å². The first-order valence-electron chi connectivity index (χ1n) is 12.1. The zero-order valence-electron chi connectivity index (χ0n) is 20.3. The first kappa shape index (κ1) is 26.0. The van der Waals surface area contributed by atoms with Gasteiger partial charge in [0.2, 0.25) is 0 Å². The lowest BCUT2D eigenvalue weighted by atomic mass is 9.84. The molecule has 1 aliphatic heterocycles. The molecular formula is C27H24N2O7S2. The van der Waals surface area contributed by atoms with Gasteiger partial charge in [0, 0.05) is 45.9 Å². The number of hydrogen-bond acceptors (Lipinski definition) is 8. The number of anilines is 1. The van der Waals surface area contributed by atoms with Crippen molar-refractivity contribution in [2.75, 3.05) is 25.0 Å². The summed E-state index contributed by atoms with van der Waals surface area (Å²) in [6.07, 6.45) is 2.52. The summed E-state index contributed by atoms with van der Waals surface area (Å²) >= 11 is 1.02. The van der Waals surface area contributed by atoms with Crippen LogP contribution < -0.4 is 5.32 Å². The topological polar surface area (TPSA) is 127 Å². The van der Waals surface area contributed by atoms with E-state index >= 15 is 0 Å². The maximum Gasteiger partial charge on any atom is 0.311 e. The molecule has 0 saturated carbocycles. The zero-order valence-corrected chi connectivity index (χ0v) is 21.9. The van der Waals surface area contributed by atoms with Crippen molar-refractivity contribution in [1.29, 1.82) is 0 Å². The van der Waals surface area contributed by atoms with E-state index < -0.39 is 28.5 Å². The number of hydrogen-bond donors (Lipinski definition) is 1. The molecule has 1 aliphatic carbocycles. The number of ether oxygens (including phenoxy) is 1. The maximum absolute atomic E-state index is 12.9. The Morgan fingerprint density at radius 2 is 1.53 bits per heavy atom. The monoisotopic (exact) mass is 552 g/mol. The molecule has 11 heteroatoms. The summed E-state index contributed by atoms with van der Waals surface area (Å²) in [6.45, 7) is 0.430. The minimum atomic E-state index is -3.58. The highest BCUT2D eigenvalue weighted by atomic mass is 32.2. The number of amides is 1. The van der Waals surface area contributed by atoms with Crippen molar-refractivity contribution in [2.45, 2.75) is 29.9 Å². The molecule has 1 saturated heterocycles. The Balaban J connectivity index is 1.16.